The number of nitriles is 1. The monoisotopic (exact) mass is 311 g/mol. The van der Waals surface area contributed by atoms with Gasteiger partial charge in [0.2, 0.25) is 5.89 Å². The Morgan fingerprint density at radius 3 is 2.73 bits per heavy atom. The number of fused-ring (bicyclic) bond motifs is 1. The van der Waals surface area contributed by atoms with E-state index in [9.17, 15) is 4.79 Å². The van der Waals surface area contributed by atoms with Crippen LogP contribution in [0.5, 0.6) is 0 Å². The van der Waals surface area contributed by atoms with Gasteiger partial charge in [0.1, 0.15) is 10.2 Å². The Bertz CT molecular complexity index is 933. The van der Waals surface area contributed by atoms with Crippen molar-refractivity contribution in [2.75, 3.05) is 5.73 Å². The van der Waals surface area contributed by atoms with E-state index >= 15 is 0 Å². The van der Waals surface area contributed by atoms with Gasteiger partial charge in [0.05, 0.1) is 17.3 Å². The standard InChI is InChI=1S/C16H13N3O2S/c1-2-3-11-13(18)12-15(22-11)19-14(21-16(12)20)10-6-4-9(8-17)5-7-10/h4-7H,2-3,18H2,1H3. The van der Waals surface area contributed by atoms with Gasteiger partial charge in [0, 0.05) is 10.4 Å². The van der Waals surface area contributed by atoms with Crippen LogP contribution < -0.4 is 11.4 Å². The van der Waals surface area contributed by atoms with Crippen LogP contribution in [0.25, 0.3) is 21.7 Å². The average Bonchev–Trinajstić information content (AvgIpc) is 2.84. The van der Waals surface area contributed by atoms with Crippen LogP contribution >= 0.6 is 11.3 Å². The number of nitrogens with two attached hydrogens (primary N) is 1. The van der Waals surface area contributed by atoms with Crippen LogP contribution in [-0.2, 0) is 6.42 Å². The Labute approximate surface area is 130 Å². The molecule has 22 heavy (non-hydrogen) atoms. The molecule has 0 aliphatic rings. The van der Waals surface area contributed by atoms with Crippen molar-refractivity contribution >= 4 is 27.2 Å². The first-order chi connectivity index (χ1) is 10.6. The van der Waals surface area contributed by atoms with Crippen LogP contribution in [0.15, 0.2) is 33.5 Å². The van der Waals surface area contributed by atoms with Crippen molar-refractivity contribution in [2.45, 2.75) is 19.8 Å². The van der Waals surface area contributed by atoms with Crippen molar-refractivity contribution in [1.82, 2.24) is 4.98 Å². The zero-order valence-electron chi connectivity index (χ0n) is 11.9. The highest BCUT2D eigenvalue weighted by Crippen LogP contribution is 2.32. The Morgan fingerprint density at radius 2 is 2.09 bits per heavy atom. The second kappa shape index (κ2) is 5.62. The number of rotatable bonds is 3. The van der Waals surface area contributed by atoms with E-state index in [4.69, 9.17) is 15.4 Å². The fraction of sp³-hybridized carbons (Fsp3) is 0.188. The minimum Gasteiger partial charge on any atom is -0.403 e. The summed E-state index contributed by atoms with van der Waals surface area (Å²) in [6.45, 7) is 2.06. The van der Waals surface area contributed by atoms with Gasteiger partial charge in [-0.3, -0.25) is 0 Å². The van der Waals surface area contributed by atoms with Crippen LogP contribution in [0.3, 0.4) is 0 Å². The second-order valence-electron chi connectivity index (χ2n) is 4.86. The predicted molar refractivity (Wildman–Crippen MR) is 86.7 cm³/mol. The SMILES string of the molecule is CCCc1sc2nc(-c3ccc(C#N)cc3)oc(=O)c2c1N. The van der Waals surface area contributed by atoms with Gasteiger partial charge >= 0.3 is 5.63 Å². The molecule has 0 spiro atoms. The first kappa shape index (κ1) is 14.3. The highest BCUT2D eigenvalue weighted by atomic mass is 32.1. The number of aryl methyl sites for hydroxylation is 1. The van der Waals surface area contributed by atoms with E-state index in [1.54, 1.807) is 24.3 Å². The summed E-state index contributed by atoms with van der Waals surface area (Å²) >= 11 is 1.43. The number of thiophene rings is 1. The maximum absolute atomic E-state index is 12.2. The lowest BCUT2D eigenvalue weighted by Gasteiger charge is -1.99. The molecule has 0 aliphatic heterocycles. The molecule has 1 aromatic carbocycles. The minimum atomic E-state index is -0.472. The Kier molecular flexibility index (Phi) is 3.65. The zero-order chi connectivity index (χ0) is 15.7. The van der Waals surface area contributed by atoms with Gasteiger partial charge in [-0.1, -0.05) is 13.3 Å². The molecule has 0 aliphatic carbocycles. The molecule has 6 heteroatoms. The number of nitrogens with zero attached hydrogens (tertiary/aromatic N) is 2. The molecular weight excluding hydrogens is 298 g/mol. The van der Waals surface area contributed by atoms with Gasteiger partial charge < -0.3 is 10.2 Å². The van der Waals surface area contributed by atoms with Crippen LogP contribution in [0.2, 0.25) is 0 Å². The highest BCUT2D eigenvalue weighted by Gasteiger charge is 2.16. The smallest absolute Gasteiger partial charge is 0.350 e. The predicted octanol–water partition coefficient (Wildman–Crippen LogP) is 3.32. The van der Waals surface area contributed by atoms with E-state index in [0.717, 1.165) is 17.7 Å². The third-order valence-electron chi connectivity index (χ3n) is 3.34. The molecule has 0 fully saturated rings. The van der Waals surface area contributed by atoms with Crippen LogP contribution in [0.1, 0.15) is 23.8 Å². The fourth-order valence-electron chi connectivity index (χ4n) is 2.23. The van der Waals surface area contributed by atoms with Crippen molar-refractivity contribution in [3.8, 4) is 17.5 Å². The fourth-order valence-corrected chi connectivity index (χ4v) is 3.41. The maximum atomic E-state index is 12.2. The quantitative estimate of drug-likeness (QED) is 0.801. The van der Waals surface area contributed by atoms with E-state index in [-0.39, 0.29) is 5.89 Å². The van der Waals surface area contributed by atoms with E-state index in [1.807, 2.05) is 6.07 Å². The molecular formula is C16H13N3O2S. The van der Waals surface area contributed by atoms with Crippen LogP contribution in [0, 0.1) is 11.3 Å². The summed E-state index contributed by atoms with van der Waals surface area (Å²) in [6.07, 6.45) is 1.77. The number of anilines is 1. The van der Waals surface area contributed by atoms with E-state index in [2.05, 4.69) is 11.9 Å². The number of benzene rings is 1. The second-order valence-corrected chi connectivity index (χ2v) is 5.95. The molecule has 3 aromatic rings. The lowest BCUT2D eigenvalue weighted by molar-refractivity contribution is 0.519. The van der Waals surface area contributed by atoms with Gasteiger partial charge in [-0.05, 0) is 30.7 Å². The Morgan fingerprint density at radius 1 is 1.36 bits per heavy atom. The van der Waals surface area contributed by atoms with Gasteiger partial charge in [-0.2, -0.15) is 5.26 Å². The normalized spacial score (nSPS) is 10.7. The first-order valence-electron chi connectivity index (χ1n) is 6.86. The summed E-state index contributed by atoms with van der Waals surface area (Å²) in [5.41, 5.74) is 7.23. The number of nitrogen functional groups attached to an aromatic ring is 1. The molecule has 0 bridgehead atoms. The molecule has 0 saturated heterocycles. The molecule has 0 atom stereocenters. The largest absolute Gasteiger partial charge is 0.403 e. The third-order valence-corrected chi connectivity index (χ3v) is 4.50. The van der Waals surface area contributed by atoms with Crippen molar-refractivity contribution in [2.24, 2.45) is 0 Å². The molecule has 0 radical (unpaired) electrons. The number of hydrogen-bond acceptors (Lipinski definition) is 6. The topological polar surface area (TPSA) is 92.9 Å². The first-order valence-corrected chi connectivity index (χ1v) is 7.68. The summed E-state index contributed by atoms with van der Waals surface area (Å²) in [4.78, 5) is 18.2. The number of aromatic nitrogens is 1. The van der Waals surface area contributed by atoms with E-state index in [1.165, 1.54) is 11.3 Å². The molecule has 2 aromatic heterocycles. The molecule has 0 amide bonds. The molecule has 5 nitrogen and oxygen atoms in total. The third kappa shape index (κ3) is 2.36. The Balaban J connectivity index is 2.16. The summed E-state index contributed by atoms with van der Waals surface area (Å²) < 4.78 is 5.30. The maximum Gasteiger partial charge on any atom is 0.350 e. The summed E-state index contributed by atoms with van der Waals surface area (Å²) in [5.74, 6) is 0.242. The lowest BCUT2D eigenvalue weighted by Crippen LogP contribution is -2.03. The summed E-state index contributed by atoms with van der Waals surface area (Å²) in [5, 5.41) is 9.18. The van der Waals surface area contributed by atoms with Gasteiger partial charge in [0.25, 0.3) is 0 Å². The van der Waals surface area contributed by atoms with Gasteiger partial charge in [0.15, 0.2) is 0 Å². The Hall–Kier alpha value is -2.65. The summed E-state index contributed by atoms with van der Waals surface area (Å²) in [7, 11) is 0. The molecule has 2 N–H and O–H groups in total. The van der Waals surface area contributed by atoms with Crippen LogP contribution in [-0.4, -0.2) is 4.98 Å². The molecule has 3 rings (SSSR count). The number of hydrogen-bond donors (Lipinski definition) is 1. The van der Waals surface area contributed by atoms with E-state index < -0.39 is 5.63 Å². The lowest BCUT2D eigenvalue weighted by atomic mass is 10.1. The molecule has 0 unspecified atom stereocenters. The molecule has 110 valence electrons. The minimum absolute atomic E-state index is 0.242. The zero-order valence-corrected chi connectivity index (χ0v) is 12.7. The average molecular weight is 311 g/mol. The van der Waals surface area contributed by atoms with E-state index in [0.29, 0.717) is 27.0 Å². The van der Waals surface area contributed by atoms with Crippen molar-refractivity contribution in [3.05, 3.63) is 45.1 Å². The van der Waals surface area contributed by atoms with Crippen molar-refractivity contribution < 1.29 is 4.42 Å². The van der Waals surface area contributed by atoms with Crippen molar-refractivity contribution in [3.63, 3.8) is 0 Å². The van der Waals surface area contributed by atoms with Gasteiger partial charge in [-0.25, -0.2) is 9.78 Å². The molecule has 0 saturated carbocycles. The van der Waals surface area contributed by atoms with Crippen LogP contribution in [0.4, 0.5) is 5.69 Å². The molecule has 2 heterocycles. The highest BCUT2D eigenvalue weighted by molar-refractivity contribution is 7.19. The van der Waals surface area contributed by atoms with Gasteiger partial charge in [-0.15, -0.1) is 11.3 Å². The summed E-state index contributed by atoms with van der Waals surface area (Å²) in [6, 6.07) is 8.78. The van der Waals surface area contributed by atoms with Crippen molar-refractivity contribution in [1.29, 1.82) is 5.26 Å².